The Bertz CT molecular complexity index is 365. The van der Waals surface area contributed by atoms with E-state index in [-0.39, 0.29) is 12.5 Å². The molecule has 6 N–H and O–H groups in total. The van der Waals surface area contributed by atoms with Gasteiger partial charge in [0.05, 0.1) is 13.2 Å². The first-order valence-corrected chi connectivity index (χ1v) is 8.28. The molecule has 142 valence electrons. The Balaban J connectivity index is 2.54. The monoisotopic (exact) mass is 351 g/mol. The minimum absolute atomic E-state index is 0.0569. The molecule has 0 radical (unpaired) electrons. The lowest BCUT2D eigenvalue weighted by atomic mass is 9.98. The first-order valence-electron chi connectivity index (χ1n) is 8.28. The summed E-state index contributed by atoms with van der Waals surface area (Å²) in [5.74, 6) is -0.194. The molecule has 24 heavy (non-hydrogen) atoms. The molecule has 1 amide bonds. The number of hydrogen-bond donors (Lipinski definition) is 6. The molecule has 0 bridgehead atoms. The largest absolute Gasteiger partial charge is 0.394 e. The van der Waals surface area contributed by atoms with E-state index in [4.69, 9.17) is 19.7 Å². The zero-order valence-electron chi connectivity index (χ0n) is 13.9. The van der Waals surface area contributed by atoms with Gasteiger partial charge < -0.3 is 40.3 Å². The third kappa shape index (κ3) is 6.25. The number of carbonyl (C=O) groups is 1. The summed E-state index contributed by atoms with van der Waals surface area (Å²) in [5, 5.41) is 50.4. The lowest BCUT2D eigenvalue weighted by Crippen LogP contribution is -2.61. The number of carbonyl (C=O) groups excluding carboxylic acids is 1. The SMILES string of the molecule is CCCCCC(=O)NC[C@H]1O[C@@H](OC(CO)CO)[C@H](O)[C@@H](O)[C@@H]1O. The summed E-state index contributed by atoms with van der Waals surface area (Å²) in [7, 11) is 0. The fourth-order valence-corrected chi connectivity index (χ4v) is 2.37. The van der Waals surface area contributed by atoms with Gasteiger partial charge in [-0.2, -0.15) is 0 Å². The van der Waals surface area contributed by atoms with Crippen LogP contribution in [0.2, 0.25) is 0 Å². The molecule has 1 fully saturated rings. The summed E-state index contributed by atoms with van der Waals surface area (Å²) in [4.78, 5) is 11.7. The minimum atomic E-state index is -1.54. The lowest BCUT2D eigenvalue weighted by Gasteiger charge is -2.41. The molecule has 1 rings (SSSR count). The molecule has 5 atom stereocenters. The summed E-state index contributed by atoms with van der Waals surface area (Å²) < 4.78 is 10.6. The fraction of sp³-hybridized carbons (Fsp3) is 0.933. The predicted octanol–water partition coefficient (Wildman–Crippen LogP) is -2.14. The van der Waals surface area contributed by atoms with Crippen molar-refractivity contribution >= 4 is 5.91 Å². The third-order valence-electron chi connectivity index (χ3n) is 3.91. The van der Waals surface area contributed by atoms with Crippen LogP contribution in [0.4, 0.5) is 0 Å². The van der Waals surface area contributed by atoms with E-state index in [2.05, 4.69) is 5.32 Å². The molecule has 1 saturated heterocycles. The molecule has 9 heteroatoms. The van der Waals surface area contributed by atoms with E-state index in [9.17, 15) is 20.1 Å². The van der Waals surface area contributed by atoms with Gasteiger partial charge in [-0.05, 0) is 6.42 Å². The van der Waals surface area contributed by atoms with E-state index < -0.39 is 50.0 Å². The molecule has 0 unspecified atom stereocenters. The summed E-state index contributed by atoms with van der Waals surface area (Å²) in [5.41, 5.74) is 0. The maximum absolute atomic E-state index is 11.7. The van der Waals surface area contributed by atoms with Gasteiger partial charge in [-0.15, -0.1) is 0 Å². The van der Waals surface area contributed by atoms with Crippen LogP contribution in [-0.4, -0.2) is 88.0 Å². The van der Waals surface area contributed by atoms with Gasteiger partial charge in [0.2, 0.25) is 5.91 Å². The van der Waals surface area contributed by atoms with Crippen LogP contribution < -0.4 is 5.32 Å². The maximum Gasteiger partial charge on any atom is 0.220 e. The Morgan fingerprint density at radius 2 is 1.79 bits per heavy atom. The molecular formula is C15H29NO8. The average Bonchev–Trinajstić information content (AvgIpc) is 2.58. The zero-order valence-corrected chi connectivity index (χ0v) is 13.9. The fourth-order valence-electron chi connectivity index (χ4n) is 2.37. The molecular weight excluding hydrogens is 322 g/mol. The van der Waals surface area contributed by atoms with Gasteiger partial charge in [0.15, 0.2) is 6.29 Å². The molecule has 0 spiro atoms. The second-order valence-electron chi connectivity index (χ2n) is 5.90. The standard InChI is InChI=1S/C15H29NO8/c1-2-3-4-5-11(19)16-6-10-12(20)13(21)14(22)15(24-10)23-9(7-17)8-18/h9-10,12-15,17-18,20-22H,2-8H2,1H3,(H,16,19)/t10-,12-,13+,14-,15-/m1/s1. The van der Waals surface area contributed by atoms with Gasteiger partial charge in [-0.25, -0.2) is 0 Å². The van der Waals surface area contributed by atoms with Gasteiger partial charge >= 0.3 is 0 Å². The molecule has 0 saturated carbocycles. The highest BCUT2D eigenvalue weighted by Crippen LogP contribution is 2.22. The average molecular weight is 351 g/mol. The number of unbranched alkanes of at least 4 members (excludes halogenated alkanes) is 2. The van der Waals surface area contributed by atoms with E-state index in [1.54, 1.807) is 0 Å². The van der Waals surface area contributed by atoms with E-state index >= 15 is 0 Å². The number of amides is 1. The van der Waals surface area contributed by atoms with E-state index in [0.29, 0.717) is 6.42 Å². The smallest absolute Gasteiger partial charge is 0.220 e. The van der Waals surface area contributed by atoms with Gasteiger partial charge in [0.25, 0.3) is 0 Å². The predicted molar refractivity (Wildman–Crippen MR) is 82.9 cm³/mol. The number of aliphatic hydroxyl groups excluding tert-OH is 5. The molecule has 1 aliphatic rings. The van der Waals surface area contributed by atoms with Gasteiger partial charge in [0, 0.05) is 13.0 Å². The Labute approximate surface area is 141 Å². The molecule has 0 aromatic rings. The Morgan fingerprint density at radius 3 is 2.38 bits per heavy atom. The minimum Gasteiger partial charge on any atom is -0.394 e. The number of nitrogens with one attached hydrogen (secondary N) is 1. The van der Waals surface area contributed by atoms with Crippen LogP contribution in [-0.2, 0) is 14.3 Å². The van der Waals surface area contributed by atoms with Crippen LogP contribution in [0.1, 0.15) is 32.6 Å². The van der Waals surface area contributed by atoms with Crippen LogP contribution >= 0.6 is 0 Å². The van der Waals surface area contributed by atoms with Crippen LogP contribution in [0.15, 0.2) is 0 Å². The molecule has 9 nitrogen and oxygen atoms in total. The quantitative estimate of drug-likeness (QED) is 0.244. The molecule has 1 heterocycles. The highest BCUT2D eigenvalue weighted by atomic mass is 16.7. The highest BCUT2D eigenvalue weighted by Gasteiger charge is 2.44. The van der Waals surface area contributed by atoms with Crippen molar-refractivity contribution < 1.29 is 39.8 Å². The Hall–Kier alpha value is -0.810. The van der Waals surface area contributed by atoms with Crippen LogP contribution in [0.5, 0.6) is 0 Å². The molecule has 1 aliphatic heterocycles. The Morgan fingerprint density at radius 1 is 1.12 bits per heavy atom. The second kappa shape index (κ2) is 10.9. The van der Waals surface area contributed by atoms with E-state index in [0.717, 1.165) is 19.3 Å². The molecule has 0 aromatic carbocycles. The van der Waals surface area contributed by atoms with Crippen molar-refractivity contribution in [2.24, 2.45) is 0 Å². The first kappa shape index (κ1) is 21.2. The van der Waals surface area contributed by atoms with Crippen LogP contribution in [0, 0.1) is 0 Å². The topological polar surface area (TPSA) is 149 Å². The van der Waals surface area contributed by atoms with Gasteiger partial charge in [-0.3, -0.25) is 4.79 Å². The maximum atomic E-state index is 11.7. The van der Waals surface area contributed by atoms with Crippen molar-refractivity contribution in [3.05, 3.63) is 0 Å². The summed E-state index contributed by atoms with van der Waals surface area (Å²) in [6.07, 6.45) is -4.74. The van der Waals surface area contributed by atoms with Crippen molar-refractivity contribution in [3.63, 3.8) is 0 Å². The second-order valence-corrected chi connectivity index (χ2v) is 5.90. The molecule has 0 aromatic heterocycles. The van der Waals surface area contributed by atoms with Gasteiger partial charge in [0.1, 0.15) is 30.5 Å². The van der Waals surface area contributed by atoms with Crippen molar-refractivity contribution in [3.8, 4) is 0 Å². The number of aliphatic hydroxyl groups is 5. The summed E-state index contributed by atoms with van der Waals surface area (Å²) >= 11 is 0. The Kier molecular flexibility index (Phi) is 9.67. The summed E-state index contributed by atoms with van der Waals surface area (Å²) in [6, 6.07) is 0. The van der Waals surface area contributed by atoms with E-state index in [1.165, 1.54) is 0 Å². The normalized spacial score (nSPS) is 30.5. The number of ether oxygens (including phenoxy) is 2. The first-order chi connectivity index (χ1) is 11.4. The van der Waals surface area contributed by atoms with Gasteiger partial charge in [-0.1, -0.05) is 19.8 Å². The lowest BCUT2D eigenvalue weighted by molar-refractivity contribution is -0.309. The van der Waals surface area contributed by atoms with Crippen molar-refractivity contribution in [2.75, 3.05) is 19.8 Å². The van der Waals surface area contributed by atoms with Crippen molar-refractivity contribution in [1.82, 2.24) is 5.32 Å². The highest BCUT2D eigenvalue weighted by molar-refractivity contribution is 5.75. The van der Waals surface area contributed by atoms with E-state index in [1.807, 2.05) is 6.92 Å². The summed E-state index contributed by atoms with van der Waals surface area (Å²) in [6.45, 7) is 0.975. The third-order valence-corrected chi connectivity index (χ3v) is 3.91. The number of rotatable bonds is 10. The zero-order chi connectivity index (χ0) is 18.1. The van der Waals surface area contributed by atoms with Crippen molar-refractivity contribution in [2.45, 2.75) is 69.4 Å². The van der Waals surface area contributed by atoms with Crippen LogP contribution in [0.3, 0.4) is 0 Å². The van der Waals surface area contributed by atoms with Crippen LogP contribution in [0.25, 0.3) is 0 Å². The number of hydrogen-bond acceptors (Lipinski definition) is 8. The molecule has 0 aliphatic carbocycles. The van der Waals surface area contributed by atoms with Crippen molar-refractivity contribution in [1.29, 1.82) is 0 Å².